The number of phenols is 1. The number of hydrogen-bond donors (Lipinski definition) is 1. The zero-order valence-electron chi connectivity index (χ0n) is 15.5. The predicted octanol–water partition coefficient (Wildman–Crippen LogP) is 4.38. The number of benzene rings is 1. The second-order valence-corrected chi connectivity index (χ2v) is 6.76. The van der Waals surface area contributed by atoms with E-state index in [2.05, 4.69) is 6.92 Å². The smallest absolute Gasteiger partial charge is 0.256 e. The second-order valence-electron chi connectivity index (χ2n) is 6.76. The Morgan fingerprint density at radius 2 is 2.00 bits per heavy atom. The number of rotatable bonds is 5. The molecule has 0 spiro atoms. The van der Waals surface area contributed by atoms with Crippen molar-refractivity contribution in [3.8, 4) is 5.75 Å². The van der Waals surface area contributed by atoms with Crippen molar-refractivity contribution in [2.45, 2.75) is 51.2 Å². The molecule has 1 N–H and O–H groups in total. The van der Waals surface area contributed by atoms with Crippen LogP contribution in [0.2, 0.25) is 0 Å². The van der Waals surface area contributed by atoms with Crippen LogP contribution in [-0.2, 0) is 16.0 Å². The number of aryl methyl sites for hydroxylation is 1. The second kappa shape index (κ2) is 8.41. The van der Waals surface area contributed by atoms with Crippen LogP contribution in [0.5, 0.6) is 5.75 Å². The van der Waals surface area contributed by atoms with E-state index < -0.39 is 6.10 Å². The normalized spacial score (nSPS) is 19.2. The highest BCUT2D eigenvalue weighted by atomic mass is 16.5. The minimum atomic E-state index is -0.684. The summed E-state index contributed by atoms with van der Waals surface area (Å²) in [4.78, 5) is 15.2. The fourth-order valence-electron chi connectivity index (χ4n) is 3.61. The van der Waals surface area contributed by atoms with Crippen LogP contribution in [0.15, 0.2) is 40.8 Å². The van der Waals surface area contributed by atoms with Crippen molar-refractivity contribution < 1.29 is 19.1 Å². The van der Waals surface area contributed by atoms with Crippen LogP contribution in [0.1, 0.15) is 61.8 Å². The zero-order chi connectivity index (χ0) is 18.5. The molecule has 1 saturated heterocycles. The lowest BCUT2D eigenvalue weighted by atomic mass is 10.0. The van der Waals surface area contributed by atoms with Gasteiger partial charge in [-0.3, -0.25) is 4.79 Å². The lowest BCUT2D eigenvalue weighted by Gasteiger charge is -2.31. The fourth-order valence-corrected chi connectivity index (χ4v) is 3.61. The van der Waals surface area contributed by atoms with Crippen molar-refractivity contribution in [2.75, 3.05) is 13.7 Å². The number of phenolic OH excluding ortho intramolecular Hbond substituents is 1. The molecule has 1 amide bonds. The molecule has 26 heavy (non-hydrogen) atoms. The van der Waals surface area contributed by atoms with Crippen molar-refractivity contribution in [2.24, 2.45) is 0 Å². The molecule has 1 aromatic heterocycles. The van der Waals surface area contributed by atoms with Gasteiger partial charge in [-0.1, -0.05) is 31.9 Å². The summed E-state index contributed by atoms with van der Waals surface area (Å²) < 4.78 is 11.5. The number of aromatic hydroxyl groups is 1. The maximum Gasteiger partial charge on any atom is 0.256 e. The number of carbonyl (C=O) groups excluding carboxylic acids is 1. The van der Waals surface area contributed by atoms with Crippen LogP contribution < -0.4 is 0 Å². The maximum atomic E-state index is 13.3. The minimum Gasteiger partial charge on any atom is -0.508 e. The van der Waals surface area contributed by atoms with Gasteiger partial charge in [-0.2, -0.15) is 0 Å². The SMILES string of the molecule is CCc1ccc([C@H]2CCCCCN2C(=O)[C@@H](OC)c2ccc(O)cc2)o1. The summed E-state index contributed by atoms with van der Waals surface area (Å²) in [5.41, 5.74) is 0.743. The topological polar surface area (TPSA) is 62.9 Å². The van der Waals surface area contributed by atoms with E-state index in [1.54, 1.807) is 31.4 Å². The van der Waals surface area contributed by atoms with Gasteiger partial charge >= 0.3 is 0 Å². The molecule has 0 aliphatic carbocycles. The quantitative estimate of drug-likeness (QED) is 0.862. The highest BCUT2D eigenvalue weighted by Gasteiger charge is 2.34. The highest BCUT2D eigenvalue weighted by Crippen LogP contribution is 2.34. The van der Waals surface area contributed by atoms with E-state index in [0.717, 1.165) is 49.2 Å². The Balaban J connectivity index is 1.88. The van der Waals surface area contributed by atoms with Crippen molar-refractivity contribution in [3.63, 3.8) is 0 Å². The number of methoxy groups -OCH3 is 1. The molecule has 0 radical (unpaired) electrons. The largest absolute Gasteiger partial charge is 0.508 e. The molecular formula is C21H27NO4. The Kier molecular flexibility index (Phi) is 5.99. The van der Waals surface area contributed by atoms with E-state index in [-0.39, 0.29) is 17.7 Å². The van der Waals surface area contributed by atoms with Crippen LogP contribution in [0, 0.1) is 0 Å². The van der Waals surface area contributed by atoms with E-state index in [1.165, 1.54) is 0 Å². The number of ether oxygens (including phenoxy) is 1. The fraction of sp³-hybridized carbons (Fsp3) is 0.476. The summed E-state index contributed by atoms with van der Waals surface area (Å²) in [6.07, 6.45) is 4.22. The van der Waals surface area contributed by atoms with Gasteiger partial charge in [0.25, 0.3) is 5.91 Å². The van der Waals surface area contributed by atoms with Crippen LogP contribution in [0.3, 0.4) is 0 Å². The van der Waals surface area contributed by atoms with Crippen LogP contribution in [-0.4, -0.2) is 29.6 Å². The van der Waals surface area contributed by atoms with Crippen molar-refractivity contribution in [3.05, 3.63) is 53.5 Å². The summed E-state index contributed by atoms with van der Waals surface area (Å²) in [7, 11) is 1.55. The van der Waals surface area contributed by atoms with Gasteiger partial charge < -0.3 is 19.2 Å². The first-order chi connectivity index (χ1) is 12.6. The summed E-state index contributed by atoms with van der Waals surface area (Å²) in [6, 6.07) is 10.6. The molecule has 0 bridgehead atoms. The van der Waals surface area contributed by atoms with Gasteiger partial charge in [0.05, 0.1) is 6.04 Å². The molecule has 1 aliphatic rings. The Morgan fingerprint density at radius 3 is 2.65 bits per heavy atom. The number of nitrogens with zero attached hydrogens (tertiary/aromatic N) is 1. The molecule has 1 aromatic carbocycles. The van der Waals surface area contributed by atoms with Gasteiger partial charge in [0.15, 0.2) is 6.10 Å². The summed E-state index contributed by atoms with van der Waals surface area (Å²) in [5.74, 6) is 1.92. The third kappa shape index (κ3) is 3.93. The number of likely N-dealkylation sites (tertiary alicyclic amines) is 1. The van der Waals surface area contributed by atoms with Crippen molar-refractivity contribution in [1.82, 2.24) is 4.90 Å². The third-order valence-corrected chi connectivity index (χ3v) is 5.05. The van der Waals surface area contributed by atoms with Gasteiger partial charge in [0.1, 0.15) is 17.3 Å². The number of hydrogen-bond acceptors (Lipinski definition) is 4. The molecular weight excluding hydrogens is 330 g/mol. The molecule has 2 heterocycles. The third-order valence-electron chi connectivity index (χ3n) is 5.05. The van der Waals surface area contributed by atoms with Gasteiger partial charge in [0.2, 0.25) is 0 Å². The lowest BCUT2D eigenvalue weighted by Crippen LogP contribution is -2.38. The van der Waals surface area contributed by atoms with Crippen molar-refractivity contribution in [1.29, 1.82) is 0 Å². The summed E-state index contributed by atoms with van der Waals surface area (Å²) >= 11 is 0. The van der Waals surface area contributed by atoms with Gasteiger partial charge in [0, 0.05) is 20.1 Å². The Labute approximate surface area is 154 Å². The number of furan rings is 1. The Hall–Kier alpha value is -2.27. The number of carbonyl (C=O) groups is 1. The molecule has 5 nitrogen and oxygen atoms in total. The minimum absolute atomic E-state index is 0.0555. The molecule has 0 unspecified atom stereocenters. The molecule has 140 valence electrons. The standard InChI is InChI=1S/C21H27NO4/c1-3-17-12-13-19(26-17)18-7-5-4-6-14-22(18)21(24)20(25-2)15-8-10-16(23)11-9-15/h8-13,18,20,23H,3-7,14H2,1-2H3/t18-,20+/m1/s1. The molecule has 1 fully saturated rings. The van der Waals surface area contributed by atoms with E-state index in [9.17, 15) is 9.90 Å². The average Bonchev–Trinajstić information content (AvgIpc) is 3.00. The maximum absolute atomic E-state index is 13.3. The first kappa shape index (κ1) is 18.5. The van der Waals surface area contributed by atoms with Gasteiger partial charge in [-0.05, 0) is 42.7 Å². The molecule has 5 heteroatoms. The van der Waals surface area contributed by atoms with Crippen LogP contribution in [0.25, 0.3) is 0 Å². The van der Waals surface area contributed by atoms with E-state index >= 15 is 0 Å². The molecule has 3 rings (SSSR count). The molecule has 2 aromatic rings. The number of amides is 1. The lowest BCUT2D eigenvalue weighted by molar-refractivity contribution is -0.145. The predicted molar refractivity (Wildman–Crippen MR) is 98.9 cm³/mol. The Morgan fingerprint density at radius 1 is 1.23 bits per heavy atom. The van der Waals surface area contributed by atoms with Gasteiger partial charge in [-0.15, -0.1) is 0 Å². The van der Waals surface area contributed by atoms with E-state index in [0.29, 0.717) is 6.54 Å². The van der Waals surface area contributed by atoms with Crippen molar-refractivity contribution >= 4 is 5.91 Å². The van der Waals surface area contributed by atoms with Crippen LogP contribution >= 0.6 is 0 Å². The summed E-state index contributed by atoms with van der Waals surface area (Å²) in [6.45, 7) is 2.76. The Bertz CT molecular complexity index is 722. The molecule has 2 atom stereocenters. The summed E-state index contributed by atoms with van der Waals surface area (Å²) in [5, 5.41) is 9.50. The van der Waals surface area contributed by atoms with E-state index in [4.69, 9.17) is 9.15 Å². The van der Waals surface area contributed by atoms with Gasteiger partial charge in [-0.25, -0.2) is 0 Å². The molecule has 0 saturated carbocycles. The highest BCUT2D eigenvalue weighted by molar-refractivity contribution is 5.82. The van der Waals surface area contributed by atoms with E-state index in [1.807, 2.05) is 17.0 Å². The average molecular weight is 357 g/mol. The molecule has 1 aliphatic heterocycles. The first-order valence-electron chi connectivity index (χ1n) is 9.34. The zero-order valence-corrected chi connectivity index (χ0v) is 15.5. The van der Waals surface area contributed by atoms with Crippen LogP contribution in [0.4, 0.5) is 0 Å². The first-order valence-corrected chi connectivity index (χ1v) is 9.34. The monoisotopic (exact) mass is 357 g/mol.